The Labute approximate surface area is 106 Å². The monoisotopic (exact) mass is 239 g/mol. The molecule has 0 spiro atoms. The van der Waals surface area contributed by atoms with E-state index >= 15 is 0 Å². The molecular formula is C15H13NO2. The van der Waals surface area contributed by atoms with Gasteiger partial charge in [0.25, 0.3) is 0 Å². The molecule has 1 heterocycles. The lowest BCUT2D eigenvalue weighted by atomic mass is 10.2. The van der Waals surface area contributed by atoms with Crippen LogP contribution in [0.3, 0.4) is 0 Å². The third kappa shape index (κ3) is 1.91. The number of benzene rings is 2. The van der Waals surface area contributed by atoms with Crippen LogP contribution >= 0.6 is 0 Å². The van der Waals surface area contributed by atoms with E-state index in [1.54, 1.807) is 12.1 Å². The number of ether oxygens (including phenoxy) is 1. The Balaban J connectivity index is 1.91. The molecule has 0 unspecified atom stereocenters. The summed E-state index contributed by atoms with van der Waals surface area (Å²) in [7, 11) is 0. The molecule has 0 fully saturated rings. The number of hydrogen-bond donors (Lipinski definition) is 1. The maximum atomic E-state index is 9.79. The fraction of sp³-hybridized carbons (Fsp3) is 0.0667. The average molecular weight is 239 g/mol. The Bertz CT molecular complexity index is 578. The first kappa shape index (κ1) is 10.7. The number of aromatic hydroxyl groups is 1. The van der Waals surface area contributed by atoms with Gasteiger partial charge in [0.2, 0.25) is 0 Å². The maximum Gasteiger partial charge on any atom is 0.165 e. The Kier molecular flexibility index (Phi) is 2.65. The van der Waals surface area contributed by atoms with Gasteiger partial charge in [-0.05, 0) is 24.3 Å². The molecule has 0 atom stereocenters. The number of anilines is 1. The van der Waals surface area contributed by atoms with Crippen molar-refractivity contribution in [2.45, 2.75) is 0 Å². The van der Waals surface area contributed by atoms with Gasteiger partial charge >= 0.3 is 0 Å². The molecule has 90 valence electrons. The fourth-order valence-corrected chi connectivity index (χ4v) is 1.95. The van der Waals surface area contributed by atoms with Gasteiger partial charge in [0.15, 0.2) is 6.73 Å². The molecule has 3 heteroatoms. The summed E-state index contributed by atoms with van der Waals surface area (Å²) in [5.74, 6) is 0.926. The average Bonchev–Trinajstić information content (AvgIpc) is 2.90. The lowest BCUT2D eigenvalue weighted by Crippen LogP contribution is -2.12. The van der Waals surface area contributed by atoms with E-state index in [4.69, 9.17) is 4.74 Å². The highest BCUT2D eigenvalue weighted by molar-refractivity contribution is 5.70. The zero-order valence-electron chi connectivity index (χ0n) is 9.78. The minimum absolute atomic E-state index is 0.235. The van der Waals surface area contributed by atoms with E-state index < -0.39 is 0 Å². The summed E-state index contributed by atoms with van der Waals surface area (Å²) in [6.45, 7) is 0.466. The van der Waals surface area contributed by atoms with Crippen LogP contribution in [0.5, 0.6) is 5.75 Å². The molecule has 0 bridgehead atoms. The van der Waals surface area contributed by atoms with Crippen LogP contribution in [0.2, 0.25) is 0 Å². The maximum absolute atomic E-state index is 9.79. The van der Waals surface area contributed by atoms with Crippen molar-refractivity contribution in [3.05, 3.63) is 66.4 Å². The van der Waals surface area contributed by atoms with Crippen LogP contribution in [0, 0.1) is 0 Å². The molecule has 1 N–H and O–H groups in total. The fourth-order valence-electron chi connectivity index (χ4n) is 1.95. The standard InChI is InChI=1S/C15H13NO2/c17-14-9-5-4-8-13(14)15-10-16(11-18-15)12-6-2-1-3-7-12/h1-10,17H,11H2. The molecule has 3 nitrogen and oxygen atoms in total. The second-order valence-corrected chi connectivity index (χ2v) is 4.09. The van der Waals surface area contributed by atoms with Gasteiger partial charge in [0, 0.05) is 5.69 Å². The lowest BCUT2D eigenvalue weighted by molar-refractivity contribution is 0.306. The lowest BCUT2D eigenvalue weighted by Gasteiger charge is -2.12. The molecule has 0 aliphatic carbocycles. The third-order valence-corrected chi connectivity index (χ3v) is 2.89. The van der Waals surface area contributed by atoms with Gasteiger partial charge in [0.1, 0.15) is 11.5 Å². The van der Waals surface area contributed by atoms with Crippen molar-refractivity contribution in [3.63, 3.8) is 0 Å². The molecule has 0 aromatic heterocycles. The molecule has 0 radical (unpaired) electrons. The highest BCUT2D eigenvalue weighted by Crippen LogP contribution is 2.31. The van der Waals surface area contributed by atoms with Crippen LogP contribution in [0.1, 0.15) is 5.56 Å². The molecule has 0 saturated heterocycles. The Morgan fingerprint density at radius 1 is 0.944 bits per heavy atom. The minimum atomic E-state index is 0.235. The zero-order valence-corrected chi connectivity index (χ0v) is 9.78. The summed E-state index contributed by atoms with van der Waals surface area (Å²) in [6, 6.07) is 17.2. The number of nitrogens with zero attached hydrogens (tertiary/aromatic N) is 1. The van der Waals surface area contributed by atoms with Crippen LogP contribution < -0.4 is 4.90 Å². The predicted molar refractivity (Wildman–Crippen MR) is 71.0 cm³/mol. The summed E-state index contributed by atoms with van der Waals surface area (Å²) in [5, 5.41) is 9.79. The van der Waals surface area contributed by atoms with E-state index in [-0.39, 0.29) is 5.75 Å². The van der Waals surface area contributed by atoms with Crippen molar-refractivity contribution in [2.24, 2.45) is 0 Å². The van der Waals surface area contributed by atoms with Gasteiger partial charge in [0.05, 0.1) is 11.8 Å². The molecule has 3 rings (SSSR count). The van der Waals surface area contributed by atoms with Gasteiger partial charge in [-0.1, -0.05) is 30.3 Å². The highest BCUT2D eigenvalue weighted by atomic mass is 16.5. The predicted octanol–water partition coefficient (Wildman–Crippen LogP) is 3.18. The Morgan fingerprint density at radius 2 is 1.67 bits per heavy atom. The highest BCUT2D eigenvalue weighted by Gasteiger charge is 2.18. The van der Waals surface area contributed by atoms with Gasteiger partial charge in [-0.25, -0.2) is 0 Å². The SMILES string of the molecule is Oc1ccccc1C1=CN(c2ccccc2)CO1. The molecule has 18 heavy (non-hydrogen) atoms. The van der Waals surface area contributed by atoms with E-state index in [1.807, 2.05) is 53.6 Å². The van der Waals surface area contributed by atoms with Gasteiger partial charge in [-0.15, -0.1) is 0 Å². The number of hydrogen-bond acceptors (Lipinski definition) is 3. The second kappa shape index (κ2) is 4.45. The second-order valence-electron chi connectivity index (χ2n) is 4.09. The summed E-state index contributed by atoms with van der Waals surface area (Å²) in [6.07, 6.45) is 1.91. The normalized spacial score (nSPS) is 14.2. The summed E-state index contributed by atoms with van der Waals surface area (Å²) in [5.41, 5.74) is 1.79. The number of phenols is 1. The van der Waals surface area contributed by atoms with Gasteiger partial charge in [-0.2, -0.15) is 0 Å². The molecule has 0 amide bonds. The van der Waals surface area contributed by atoms with Crippen LogP contribution in [0.15, 0.2) is 60.8 Å². The van der Waals surface area contributed by atoms with E-state index in [0.29, 0.717) is 12.5 Å². The molecule has 2 aromatic carbocycles. The first-order valence-corrected chi connectivity index (χ1v) is 5.79. The third-order valence-electron chi connectivity index (χ3n) is 2.89. The Morgan fingerprint density at radius 3 is 2.44 bits per heavy atom. The zero-order chi connectivity index (χ0) is 12.4. The molecular weight excluding hydrogens is 226 g/mol. The van der Waals surface area contributed by atoms with Crippen molar-refractivity contribution in [1.29, 1.82) is 0 Å². The molecule has 0 saturated carbocycles. The quantitative estimate of drug-likeness (QED) is 0.873. The van der Waals surface area contributed by atoms with Crippen LogP contribution in [0.4, 0.5) is 5.69 Å². The van der Waals surface area contributed by atoms with E-state index in [9.17, 15) is 5.11 Å². The van der Waals surface area contributed by atoms with Crippen LogP contribution in [-0.4, -0.2) is 11.8 Å². The van der Waals surface area contributed by atoms with Crippen molar-refractivity contribution in [3.8, 4) is 5.75 Å². The van der Waals surface area contributed by atoms with E-state index in [2.05, 4.69) is 0 Å². The number of rotatable bonds is 2. The van der Waals surface area contributed by atoms with Crippen molar-refractivity contribution in [1.82, 2.24) is 0 Å². The van der Waals surface area contributed by atoms with Crippen molar-refractivity contribution >= 4 is 11.4 Å². The molecule has 1 aliphatic heterocycles. The Hall–Kier alpha value is -2.42. The summed E-state index contributed by atoms with van der Waals surface area (Å²) in [4.78, 5) is 2.00. The summed E-state index contributed by atoms with van der Waals surface area (Å²) < 4.78 is 5.61. The van der Waals surface area contributed by atoms with Gasteiger partial charge in [-0.3, -0.25) is 0 Å². The van der Waals surface area contributed by atoms with E-state index in [1.165, 1.54) is 0 Å². The first-order chi connectivity index (χ1) is 8.84. The largest absolute Gasteiger partial charge is 0.507 e. The molecule has 1 aliphatic rings. The van der Waals surface area contributed by atoms with Crippen LogP contribution in [-0.2, 0) is 4.74 Å². The van der Waals surface area contributed by atoms with Crippen molar-refractivity contribution in [2.75, 3.05) is 11.6 Å². The smallest absolute Gasteiger partial charge is 0.165 e. The number of phenolic OH excluding ortho intramolecular Hbond substituents is 1. The summed E-state index contributed by atoms with van der Waals surface area (Å²) >= 11 is 0. The minimum Gasteiger partial charge on any atom is -0.507 e. The van der Waals surface area contributed by atoms with Crippen molar-refractivity contribution < 1.29 is 9.84 Å². The first-order valence-electron chi connectivity index (χ1n) is 5.79. The number of para-hydroxylation sites is 2. The molecule has 2 aromatic rings. The van der Waals surface area contributed by atoms with Crippen LogP contribution in [0.25, 0.3) is 5.76 Å². The van der Waals surface area contributed by atoms with E-state index in [0.717, 1.165) is 11.3 Å². The topological polar surface area (TPSA) is 32.7 Å². The van der Waals surface area contributed by atoms with Gasteiger partial charge < -0.3 is 14.7 Å².